The maximum atomic E-state index is 13.1. The van der Waals surface area contributed by atoms with Crippen molar-refractivity contribution in [3.63, 3.8) is 0 Å². The quantitative estimate of drug-likeness (QED) is 0.708. The molecule has 2 atom stereocenters. The van der Waals surface area contributed by atoms with Gasteiger partial charge in [0.2, 0.25) is 11.9 Å². The summed E-state index contributed by atoms with van der Waals surface area (Å²) >= 11 is 0. The maximum absolute atomic E-state index is 13.1. The zero-order valence-corrected chi connectivity index (χ0v) is 18.4. The topological polar surface area (TPSA) is 67.2 Å². The van der Waals surface area contributed by atoms with Crippen LogP contribution < -0.4 is 4.90 Å². The summed E-state index contributed by atoms with van der Waals surface area (Å²) in [5.41, 5.74) is 3.07. The van der Waals surface area contributed by atoms with Crippen LogP contribution in [0, 0.1) is 5.92 Å². The minimum atomic E-state index is 0.150. The van der Waals surface area contributed by atoms with Crippen LogP contribution in [0.4, 0.5) is 5.95 Å². The van der Waals surface area contributed by atoms with Gasteiger partial charge in [-0.05, 0) is 51.0 Å². The molecule has 7 heteroatoms. The summed E-state index contributed by atoms with van der Waals surface area (Å²) in [5.74, 6) is 1.54. The molecule has 4 heterocycles. The Kier molecular flexibility index (Phi) is 5.74. The van der Waals surface area contributed by atoms with Crippen molar-refractivity contribution in [2.24, 2.45) is 13.0 Å². The molecule has 2 fully saturated rings. The van der Waals surface area contributed by atoms with E-state index in [1.165, 1.54) is 12.8 Å². The summed E-state index contributed by atoms with van der Waals surface area (Å²) in [6.07, 6.45) is 15.7. The number of anilines is 1. The van der Waals surface area contributed by atoms with Crippen LogP contribution in [0.5, 0.6) is 0 Å². The van der Waals surface area contributed by atoms with Crippen LogP contribution in [0.25, 0.3) is 11.3 Å². The number of aromatic nitrogens is 4. The minimum Gasteiger partial charge on any atom is -0.342 e. The van der Waals surface area contributed by atoms with Crippen molar-refractivity contribution < 1.29 is 4.79 Å². The van der Waals surface area contributed by atoms with E-state index in [0.717, 1.165) is 81.2 Å². The number of carbonyl (C=O) groups is 1. The highest BCUT2D eigenvalue weighted by Crippen LogP contribution is 2.34. The Morgan fingerprint density at radius 3 is 2.77 bits per heavy atom. The summed E-state index contributed by atoms with van der Waals surface area (Å²) in [5, 5.41) is 4.84. The minimum absolute atomic E-state index is 0.150. The third-order valence-corrected chi connectivity index (χ3v) is 6.90. The molecular formula is C24H32N6O. The Labute approximate surface area is 184 Å². The number of carbonyl (C=O) groups excluding carboxylic acids is 1. The molecule has 0 radical (unpaired) electrons. The third-order valence-electron chi connectivity index (χ3n) is 6.90. The normalized spacial score (nSPS) is 24.0. The average molecular weight is 421 g/mol. The first-order chi connectivity index (χ1) is 15.2. The number of piperidine rings is 1. The fraction of sp³-hybridized carbons (Fsp3) is 0.583. The molecular weight excluding hydrogens is 388 g/mol. The maximum Gasteiger partial charge on any atom is 0.226 e. The highest BCUT2D eigenvalue weighted by Gasteiger charge is 2.32. The van der Waals surface area contributed by atoms with Crippen molar-refractivity contribution in [2.45, 2.75) is 50.9 Å². The first kappa shape index (κ1) is 20.2. The second kappa shape index (κ2) is 8.81. The van der Waals surface area contributed by atoms with Crippen molar-refractivity contribution in [3.05, 3.63) is 36.3 Å². The third kappa shape index (κ3) is 4.23. The Balaban J connectivity index is 1.38. The van der Waals surface area contributed by atoms with Gasteiger partial charge in [-0.2, -0.15) is 5.10 Å². The van der Waals surface area contributed by atoms with E-state index >= 15 is 0 Å². The van der Waals surface area contributed by atoms with Crippen molar-refractivity contribution in [2.75, 3.05) is 31.1 Å². The Hall–Kier alpha value is -2.70. The lowest BCUT2D eigenvalue weighted by atomic mass is 9.89. The van der Waals surface area contributed by atoms with Crippen LogP contribution in [0.15, 0.2) is 30.6 Å². The Bertz CT molecular complexity index is 961. The van der Waals surface area contributed by atoms with Gasteiger partial charge in [-0.15, -0.1) is 0 Å². The highest BCUT2D eigenvalue weighted by molar-refractivity contribution is 5.79. The molecule has 164 valence electrons. The molecule has 2 aliphatic heterocycles. The van der Waals surface area contributed by atoms with Crippen LogP contribution in [-0.4, -0.2) is 56.7 Å². The van der Waals surface area contributed by atoms with Crippen LogP contribution in [-0.2, 0) is 11.8 Å². The summed E-state index contributed by atoms with van der Waals surface area (Å²) in [6, 6.07) is 1.99. The van der Waals surface area contributed by atoms with Crippen molar-refractivity contribution >= 4 is 11.9 Å². The second-order valence-electron chi connectivity index (χ2n) is 9.14. The molecule has 1 amide bonds. The molecule has 0 aromatic carbocycles. The van der Waals surface area contributed by atoms with Gasteiger partial charge in [0.1, 0.15) is 0 Å². The molecule has 2 aromatic rings. The Morgan fingerprint density at radius 2 is 1.97 bits per heavy atom. The van der Waals surface area contributed by atoms with Crippen LogP contribution in [0.3, 0.4) is 0 Å². The summed E-state index contributed by atoms with van der Waals surface area (Å²) in [4.78, 5) is 26.9. The van der Waals surface area contributed by atoms with Crippen molar-refractivity contribution in [3.8, 4) is 11.3 Å². The molecule has 1 aliphatic carbocycles. The zero-order chi connectivity index (χ0) is 21.2. The predicted octanol–water partition coefficient (Wildman–Crippen LogP) is 3.54. The number of aryl methyl sites for hydroxylation is 1. The SMILES string of the molecule is Cn1cc(-c2ccnc(N3CCCC3)n2)c([C@H]2CCCN(C(=O)[C@@H]3CC=CCC3)C2)n1. The predicted molar refractivity (Wildman–Crippen MR) is 121 cm³/mol. The fourth-order valence-electron chi connectivity index (χ4n) is 5.25. The largest absolute Gasteiger partial charge is 0.342 e. The number of likely N-dealkylation sites (tertiary alicyclic amines) is 1. The van der Waals surface area contributed by atoms with Gasteiger partial charge in [-0.1, -0.05) is 12.2 Å². The van der Waals surface area contributed by atoms with E-state index in [0.29, 0.717) is 5.91 Å². The molecule has 3 aliphatic rings. The van der Waals surface area contributed by atoms with Gasteiger partial charge in [-0.3, -0.25) is 9.48 Å². The molecule has 0 unspecified atom stereocenters. The lowest BCUT2D eigenvalue weighted by molar-refractivity contribution is -0.137. The molecule has 0 N–H and O–H groups in total. The van der Waals surface area contributed by atoms with Gasteiger partial charge in [0.05, 0.1) is 11.4 Å². The molecule has 31 heavy (non-hydrogen) atoms. The molecule has 0 saturated carbocycles. The average Bonchev–Trinajstić information content (AvgIpc) is 3.49. The first-order valence-corrected chi connectivity index (χ1v) is 11.7. The van der Waals surface area contributed by atoms with Crippen LogP contribution in [0.2, 0.25) is 0 Å². The van der Waals surface area contributed by atoms with Crippen LogP contribution >= 0.6 is 0 Å². The van der Waals surface area contributed by atoms with Gasteiger partial charge in [0.25, 0.3) is 0 Å². The van der Waals surface area contributed by atoms with Gasteiger partial charge < -0.3 is 9.80 Å². The van der Waals surface area contributed by atoms with Gasteiger partial charge in [-0.25, -0.2) is 9.97 Å². The lowest BCUT2D eigenvalue weighted by Gasteiger charge is -2.35. The van der Waals surface area contributed by atoms with Gasteiger partial charge in [0, 0.05) is 63.0 Å². The second-order valence-corrected chi connectivity index (χ2v) is 9.14. The first-order valence-electron chi connectivity index (χ1n) is 11.7. The van der Waals surface area contributed by atoms with E-state index in [9.17, 15) is 4.79 Å². The number of hydrogen-bond donors (Lipinski definition) is 0. The number of allylic oxidation sites excluding steroid dienone is 2. The number of amides is 1. The number of nitrogens with zero attached hydrogens (tertiary/aromatic N) is 6. The highest BCUT2D eigenvalue weighted by atomic mass is 16.2. The molecule has 2 aromatic heterocycles. The van der Waals surface area contributed by atoms with E-state index in [-0.39, 0.29) is 11.8 Å². The standard InChI is InChI=1S/C24H32N6O/c1-28-17-20(21-11-12-25-24(26-21)29-13-5-6-14-29)22(27-28)19-10-7-15-30(16-19)23(31)18-8-3-2-4-9-18/h2-3,11-12,17-19H,4-10,13-16H2,1H3/t18-,19+/m1/s1. The van der Waals surface area contributed by atoms with E-state index < -0.39 is 0 Å². The summed E-state index contributed by atoms with van der Waals surface area (Å²) in [6.45, 7) is 3.68. The number of hydrogen-bond acceptors (Lipinski definition) is 5. The van der Waals surface area contributed by atoms with Crippen molar-refractivity contribution in [1.29, 1.82) is 0 Å². The molecule has 2 saturated heterocycles. The van der Waals surface area contributed by atoms with E-state index in [2.05, 4.69) is 33.1 Å². The van der Waals surface area contributed by atoms with Crippen molar-refractivity contribution in [1.82, 2.24) is 24.6 Å². The summed E-state index contributed by atoms with van der Waals surface area (Å²) in [7, 11) is 1.97. The van der Waals surface area contributed by atoms with E-state index in [1.54, 1.807) is 0 Å². The van der Waals surface area contributed by atoms with E-state index in [1.807, 2.05) is 24.0 Å². The monoisotopic (exact) mass is 420 g/mol. The van der Waals surface area contributed by atoms with Gasteiger partial charge >= 0.3 is 0 Å². The molecule has 7 nitrogen and oxygen atoms in total. The summed E-state index contributed by atoms with van der Waals surface area (Å²) < 4.78 is 1.88. The molecule has 0 bridgehead atoms. The number of rotatable bonds is 4. The zero-order valence-electron chi connectivity index (χ0n) is 18.4. The Morgan fingerprint density at radius 1 is 1.10 bits per heavy atom. The smallest absolute Gasteiger partial charge is 0.226 e. The van der Waals surface area contributed by atoms with Crippen LogP contribution in [0.1, 0.15) is 56.6 Å². The molecule has 5 rings (SSSR count). The van der Waals surface area contributed by atoms with Gasteiger partial charge in [0.15, 0.2) is 0 Å². The lowest BCUT2D eigenvalue weighted by Crippen LogP contribution is -2.42. The van der Waals surface area contributed by atoms with E-state index in [4.69, 9.17) is 10.1 Å². The fourth-order valence-corrected chi connectivity index (χ4v) is 5.25. The molecule has 0 spiro atoms.